The highest BCUT2D eigenvalue weighted by Gasteiger charge is 2.10. The fraction of sp³-hybridized carbons (Fsp3) is 0. The fourth-order valence-corrected chi connectivity index (χ4v) is 3.03. The SMILES string of the molecule is [c]1cn2cccc(-c3nc4ccccc4s3)c2n1. The minimum atomic E-state index is 0.900. The average Bonchev–Trinajstić information content (AvgIpc) is 3.04. The Bertz CT molecular complexity index is 811. The number of thiazole rings is 1. The van der Waals surface area contributed by atoms with Crippen molar-refractivity contribution < 1.29 is 0 Å². The first kappa shape index (κ1) is 9.79. The van der Waals surface area contributed by atoms with Crippen molar-refractivity contribution in [1.29, 1.82) is 0 Å². The van der Waals surface area contributed by atoms with E-state index in [4.69, 9.17) is 0 Å². The van der Waals surface area contributed by atoms with Gasteiger partial charge >= 0.3 is 0 Å². The van der Waals surface area contributed by atoms with Crippen molar-refractivity contribution in [1.82, 2.24) is 14.4 Å². The molecule has 4 heteroatoms. The van der Waals surface area contributed by atoms with Crippen LogP contribution in [-0.2, 0) is 0 Å². The van der Waals surface area contributed by atoms with Gasteiger partial charge in [-0.1, -0.05) is 12.1 Å². The monoisotopic (exact) mass is 250 g/mol. The Morgan fingerprint density at radius 2 is 2.06 bits per heavy atom. The fourth-order valence-electron chi connectivity index (χ4n) is 2.04. The van der Waals surface area contributed by atoms with Gasteiger partial charge in [-0.3, -0.25) is 0 Å². The molecule has 0 atom stereocenters. The van der Waals surface area contributed by atoms with Gasteiger partial charge in [0, 0.05) is 12.4 Å². The van der Waals surface area contributed by atoms with Gasteiger partial charge in [-0.15, -0.1) is 11.3 Å². The molecule has 0 aliphatic carbocycles. The average molecular weight is 250 g/mol. The van der Waals surface area contributed by atoms with Gasteiger partial charge in [-0.25, -0.2) is 9.97 Å². The first-order valence-corrected chi connectivity index (χ1v) is 6.43. The van der Waals surface area contributed by atoms with Crippen LogP contribution in [0.1, 0.15) is 0 Å². The maximum atomic E-state index is 4.66. The lowest BCUT2D eigenvalue weighted by atomic mass is 10.3. The highest BCUT2D eigenvalue weighted by molar-refractivity contribution is 7.21. The van der Waals surface area contributed by atoms with Crippen LogP contribution in [0.2, 0.25) is 0 Å². The summed E-state index contributed by atoms with van der Waals surface area (Å²) in [4.78, 5) is 8.93. The van der Waals surface area contributed by atoms with E-state index in [2.05, 4.69) is 22.2 Å². The van der Waals surface area contributed by atoms with Crippen molar-refractivity contribution in [3.05, 3.63) is 55.0 Å². The van der Waals surface area contributed by atoms with E-state index in [1.165, 1.54) is 4.70 Å². The van der Waals surface area contributed by atoms with Gasteiger partial charge in [0.05, 0.1) is 15.8 Å². The van der Waals surface area contributed by atoms with Crippen LogP contribution in [0.5, 0.6) is 0 Å². The molecule has 0 spiro atoms. The topological polar surface area (TPSA) is 30.2 Å². The molecule has 0 aliphatic heterocycles. The van der Waals surface area contributed by atoms with E-state index in [1.54, 1.807) is 11.3 Å². The summed E-state index contributed by atoms with van der Waals surface area (Å²) in [5.41, 5.74) is 2.99. The number of hydrogen-bond donors (Lipinski definition) is 0. The first-order valence-electron chi connectivity index (χ1n) is 5.61. The molecule has 4 rings (SSSR count). The number of fused-ring (bicyclic) bond motifs is 2. The van der Waals surface area contributed by atoms with Crippen molar-refractivity contribution >= 4 is 27.2 Å². The van der Waals surface area contributed by atoms with Crippen LogP contribution in [0.15, 0.2) is 48.8 Å². The number of rotatable bonds is 1. The molecule has 0 saturated carbocycles. The Morgan fingerprint density at radius 1 is 1.11 bits per heavy atom. The van der Waals surface area contributed by atoms with E-state index in [1.807, 2.05) is 47.1 Å². The van der Waals surface area contributed by atoms with Crippen molar-refractivity contribution in [2.75, 3.05) is 0 Å². The van der Waals surface area contributed by atoms with Crippen molar-refractivity contribution in [2.24, 2.45) is 0 Å². The van der Waals surface area contributed by atoms with E-state index in [0.29, 0.717) is 0 Å². The van der Waals surface area contributed by atoms with E-state index in [9.17, 15) is 0 Å². The van der Waals surface area contributed by atoms with Crippen LogP contribution >= 0.6 is 11.3 Å². The normalized spacial score (nSPS) is 11.3. The molecule has 0 fully saturated rings. The summed E-state index contributed by atoms with van der Waals surface area (Å²) in [7, 11) is 0. The zero-order valence-electron chi connectivity index (χ0n) is 9.37. The van der Waals surface area contributed by atoms with Gasteiger partial charge in [0.25, 0.3) is 0 Å². The van der Waals surface area contributed by atoms with Crippen molar-refractivity contribution in [3.8, 4) is 10.6 Å². The minimum absolute atomic E-state index is 0.900. The largest absolute Gasteiger partial charge is 0.306 e. The summed E-state index contributed by atoms with van der Waals surface area (Å²) >= 11 is 1.69. The summed E-state index contributed by atoms with van der Waals surface area (Å²) in [5.74, 6) is 0. The van der Waals surface area contributed by atoms with Gasteiger partial charge in [-0.05, 0) is 24.3 Å². The summed E-state index contributed by atoms with van der Waals surface area (Å²) in [6.45, 7) is 0. The summed E-state index contributed by atoms with van der Waals surface area (Å²) in [6, 6.07) is 12.2. The molecular formula is C14H8N3S. The Kier molecular flexibility index (Phi) is 1.98. The van der Waals surface area contributed by atoms with E-state index in [-0.39, 0.29) is 0 Å². The molecule has 3 nitrogen and oxygen atoms in total. The summed E-state index contributed by atoms with van der Waals surface area (Å²) in [5, 5.41) is 1.00. The van der Waals surface area contributed by atoms with E-state index in [0.717, 1.165) is 21.7 Å². The van der Waals surface area contributed by atoms with E-state index >= 15 is 0 Å². The van der Waals surface area contributed by atoms with Crippen LogP contribution in [0, 0.1) is 6.20 Å². The van der Waals surface area contributed by atoms with Crippen LogP contribution in [0.3, 0.4) is 0 Å². The number of nitrogens with zero attached hydrogens (tertiary/aromatic N) is 3. The van der Waals surface area contributed by atoms with Crippen molar-refractivity contribution in [2.45, 2.75) is 0 Å². The maximum Gasteiger partial charge on any atom is 0.147 e. The standard InChI is InChI=1S/C14H8N3S/c1-2-6-12-11(5-1)16-14(18-12)10-4-3-8-17-9-7-15-13(10)17/h1-6,8-9H. The predicted octanol–water partition coefficient (Wildman–Crippen LogP) is 3.41. The lowest BCUT2D eigenvalue weighted by Crippen LogP contribution is -1.86. The van der Waals surface area contributed by atoms with Gasteiger partial charge < -0.3 is 4.40 Å². The van der Waals surface area contributed by atoms with Crippen LogP contribution in [0.4, 0.5) is 0 Å². The third-order valence-electron chi connectivity index (χ3n) is 2.89. The molecule has 0 unspecified atom stereocenters. The second kappa shape index (κ2) is 3.65. The molecule has 0 saturated heterocycles. The number of para-hydroxylation sites is 1. The molecule has 1 radical (unpaired) electrons. The number of benzene rings is 1. The zero-order valence-corrected chi connectivity index (χ0v) is 10.2. The molecular weight excluding hydrogens is 242 g/mol. The van der Waals surface area contributed by atoms with Gasteiger partial charge in [0.2, 0.25) is 0 Å². The Labute approximate surface area is 107 Å². The Balaban J connectivity index is 2.04. The summed E-state index contributed by atoms with van der Waals surface area (Å²) < 4.78 is 3.16. The molecule has 4 aromatic rings. The number of aromatic nitrogens is 3. The number of pyridine rings is 1. The molecule has 85 valence electrons. The number of imidazole rings is 1. The molecule has 0 amide bonds. The highest BCUT2D eigenvalue weighted by Crippen LogP contribution is 2.31. The summed E-state index contributed by atoms with van der Waals surface area (Å²) in [6.07, 6.45) is 6.66. The van der Waals surface area contributed by atoms with Crippen molar-refractivity contribution in [3.63, 3.8) is 0 Å². The van der Waals surface area contributed by atoms with Crippen LogP contribution in [-0.4, -0.2) is 14.4 Å². The highest BCUT2D eigenvalue weighted by atomic mass is 32.1. The van der Waals surface area contributed by atoms with Gasteiger partial charge in [0.15, 0.2) is 0 Å². The molecule has 3 aromatic heterocycles. The molecule has 18 heavy (non-hydrogen) atoms. The Hall–Kier alpha value is -2.20. The second-order valence-corrected chi connectivity index (χ2v) is 5.04. The first-order chi connectivity index (χ1) is 8.92. The quantitative estimate of drug-likeness (QED) is 0.518. The van der Waals surface area contributed by atoms with Gasteiger partial charge in [0.1, 0.15) is 16.9 Å². The molecule has 0 N–H and O–H groups in total. The molecule has 0 bridgehead atoms. The Morgan fingerprint density at radius 3 is 3.00 bits per heavy atom. The zero-order chi connectivity index (χ0) is 11.9. The minimum Gasteiger partial charge on any atom is -0.306 e. The predicted molar refractivity (Wildman–Crippen MR) is 72.6 cm³/mol. The lowest BCUT2D eigenvalue weighted by Gasteiger charge is -1.98. The third-order valence-corrected chi connectivity index (χ3v) is 3.96. The van der Waals surface area contributed by atoms with Crippen LogP contribution < -0.4 is 0 Å². The van der Waals surface area contributed by atoms with E-state index < -0.39 is 0 Å². The van der Waals surface area contributed by atoms with Crippen LogP contribution in [0.25, 0.3) is 26.4 Å². The second-order valence-electron chi connectivity index (χ2n) is 4.01. The van der Waals surface area contributed by atoms with Gasteiger partial charge in [-0.2, -0.15) is 0 Å². The lowest BCUT2D eigenvalue weighted by molar-refractivity contribution is 1.19. The maximum absolute atomic E-state index is 4.66. The molecule has 0 aliphatic rings. The smallest absolute Gasteiger partial charge is 0.147 e. The molecule has 1 aromatic carbocycles. The molecule has 3 heterocycles. The number of hydrogen-bond acceptors (Lipinski definition) is 3. The third kappa shape index (κ3) is 1.36.